The molecule has 0 aliphatic carbocycles. The fourth-order valence-corrected chi connectivity index (χ4v) is 5.77. The number of urea groups is 1. The van der Waals surface area contributed by atoms with Crippen molar-refractivity contribution in [2.45, 2.75) is 45.2 Å². The third-order valence-corrected chi connectivity index (χ3v) is 8.46. The Morgan fingerprint density at radius 2 is 1.63 bits per heavy atom. The van der Waals surface area contributed by atoms with Gasteiger partial charge in [0.2, 0.25) is 5.91 Å². The second-order valence-corrected chi connectivity index (χ2v) is 13.0. The molecule has 5 rings (SSSR count). The van der Waals surface area contributed by atoms with Crippen molar-refractivity contribution < 1.29 is 14.3 Å². The zero-order valence-electron chi connectivity index (χ0n) is 23.7. The fraction of sp³-hybridized carbons (Fsp3) is 0.344. The van der Waals surface area contributed by atoms with Crippen LogP contribution in [0.3, 0.4) is 0 Å². The summed E-state index contributed by atoms with van der Waals surface area (Å²) in [5, 5.41) is 3.07. The first kappa shape index (κ1) is 29.5. The van der Waals surface area contributed by atoms with E-state index < -0.39 is 12.1 Å². The number of nitrogens with one attached hydrogen (secondary N) is 1. The van der Waals surface area contributed by atoms with Crippen molar-refractivity contribution in [3.63, 3.8) is 0 Å². The Hall–Kier alpha value is -3.01. The van der Waals surface area contributed by atoms with Crippen molar-refractivity contribution >= 4 is 49.6 Å². The number of amidine groups is 1. The van der Waals surface area contributed by atoms with Gasteiger partial charge in [-0.2, -0.15) is 0 Å². The highest BCUT2D eigenvalue weighted by Crippen LogP contribution is 2.46. The fourth-order valence-electron chi connectivity index (χ4n) is 5.24. The van der Waals surface area contributed by atoms with Crippen molar-refractivity contribution in [3.05, 3.63) is 97.9 Å². The Bertz CT molecular complexity index is 1470. The summed E-state index contributed by atoms with van der Waals surface area (Å²) in [5.74, 6) is 0.899. The molecule has 2 heterocycles. The van der Waals surface area contributed by atoms with E-state index in [-0.39, 0.29) is 23.9 Å². The van der Waals surface area contributed by atoms with Gasteiger partial charge in [0.1, 0.15) is 17.6 Å². The lowest BCUT2D eigenvalue weighted by Crippen LogP contribution is -2.56. The summed E-state index contributed by atoms with van der Waals surface area (Å²) in [4.78, 5) is 35.7. The van der Waals surface area contributed by atoms with Crippen LogP contribution in [0.25, 0.3) is 0 Å². The highest BCUT2D eigenvalue weighted by molar-refractivity contribution is 9.10. The Kier molecular flexibility index (Phi) is 8.68. The van der Waals surface area contributed by atoms with Gasteiger partial charge in [-0.15, -0.1) is 0 Å². The van der Waals surface area contributed by atoms with Crippen LogP contribution in [0.5, 0.6) is 5.75 Å². The lowest BCUT2D eigenvalue weighted by atomic mass is 9.86. The van der Waals surface area contributed by atoms with Gasteiger partial charge in [0.25, 0.3) is 0 Å². The maximum atomic E-state index is 14.4. The third-order valence-electron chi connectivity index (χ3n) is 7.40. The van der Waals surface area contributed by atoms with Gasteiger partial charge in [-0.3, -0.25) is 19.6 Å². The number of aliphatic imine (C=N–C) groups is 1. The minimum Gasteiger partial charge on any atom is -0.493 e. The molecule has 2 atom stereocenters. The quantitative estimate of drug-likeness (QED) is 0.315. The number of hydrogen-bond donors (Lipinski definition) is 1. The molecule has 1 saturated heterocycles. The van der Waals surface area contributed by atoms with Crippen LogP contribution in [0, 0.1) is 0 Å². The van der Waals surface area contributed by atoms with Crippen LogP contribution in [-0.4, -0.2) is 53.8 Å². The number of piperazine rings is 1. The molecule has 0 unspecified atom stereocenters. The van der Waals surface area contributed by atoms with E-state index in [0.717, 1.165) is 31.2 Å². The highest BCUT2D eigenvalue weighted by atomic mass is 79.9. The van der Waals surface area contributed by atoms with Gasteiger partial charge in [0, 0.05) is 22.0 Å². The molecule has 0 bridgehead atoms. The molecule has 3 aromatic carbocycles. The van der Waals surface area contributed by atoms with Crippen LogP contribution >= 0.6 is 31.9 Å². The number of nitrogens with zero attached hydrogens (tertiary/aromatic N) is 3. The Morgan fingerprint density at radius 1 is 1.00 bits per heavy atom. The lowest BCUT2D eigenvalue weighted by molar-refractivity contribution is -0.129. The number of carbonyl (C=O) groups excluding carboxylic acids is 2. The van der Waals surface area contributed by atoms with E-state index in [0.29, 0.717) is 31.3 Å². The predicted molar refractivity (Wildman–Crippen MR) is 168 cm³/mol. The molecular formula is C32H34Br2N4O3. The number of amides is 3. The molecule has 41 heavy (non-hydrogen) atoms. The minimum atomic E-state index is -0.480. The average molecular weight is 682 g/mol. The largest absolute Gasteiger partial charge is 0.493 e. The van der Waals surface area contributed by atoms with E-state index in [1.807, 2.05) is 67.6 Å². The third kappa shape index (κ3) is 6.12. The summed E-state index contributed by atoms with van der Waals surface area (Å²) in [6.45, 7) is 9.83. The molecule has 0 spiro atoms. The number of halogens is 2. The summed E-state index contributed by atoms with van der Waals surface area (Å²) in [5.41, 5.74) is 3.62. The van der Waals surface area contributed by atoms with Crippen LogP contribution in [0.2, 0.25) is 0 Å². The van der Waals surface area contributed by atoms with Gasteiger partial charge >= 0.3 is 6.03 Å². The van der Waals surface area contributed by atoms with Gasteiger partial charge in [-0.05, 0) is 65.4 Å². The smallest absolute Gasteiger partial charge is 0.333 e. The Morgan fingerprint density at radius 3 is 2.22 bits per heavy atom. The van der Waals surface area contributed by atoms with E-state index in [1.54, 1.807) is 4.90 Å². The number of benzene rings is 3. The number of carbonyl (C=O) groups is 2. The highest BCUT2D eigenvalue weighted by Gasteiger charge is 2.45. The molecule has 3 aromatic rings. The van der Waals surface area contributed by atoms with Crippen molar-refractivity contribution in [2.75, 3.05) is 26.2 Å². The average Bonchev–Trinajstić information content (AvgIpc) is 3.34. The monoisotopic (exact) mass is 680 g/mol. The van der Waals surface area contributed by atoms with Crippen molar-refractivity contribution in [1.29, 1.82) is 0 Å². The predicted octanol–water partition coefficient (Wildman–Crippen LogP) is 7.00. The maximum absolute atomic E-state index is 14.4. The van der Waals surface area contributed by atoms with Gasteiger partial charge < -0.3 is 10.1 Å². The summed E-state index contributed by atoms with van der Waals surface area (Å²) in [6, 6.07) is 20.8. The van der Waals surface area contributed by atoms with Crippen LogP contribution in [-0.2, 0) is 10.2 Å². The molecule has 0 radical (unpaired) electrons. The van der Waals surface area contributed by atoms with Gasteiger partial charge in [0.15, 0.2) is 0 Å². The summed E-state index contributed by atoms with van der Waals surface area (Å²) in [7, 11) is 0. The molecule has 9 heteroatoms. The summed E-state index contributed by atoms with van der Waals surface area (Å²) in [6.07, 6.45) is 0. The van der Waals surface area contributed by atoms with E-state index >= 15 is 0 Å². The molecule has 3 amide bonds. The topological polar surface area (TPSA) is 74.2 Å². The second-order valence-electron chi connectivity index (χ2n) is 11.2. The van der Waals surface area contributed by atoms with Crippen molar-refractivity contribution in [3.8, 4) is 5.75 Å². The van der Waals surface area contributed by atoms with E-state index in [2.05, 4.69) is 64.0 Å². The number of ether oxygens (including phenoxy) is 1. The first-order valence-corrected chi connectivity index (χ1v) is 15.4. The number of imide groups is 1. The molecule has 0 saturated carbocycles. The first-order chi connectivity index (χ1) is 19.6. The van der Waals surface area contributed by atoms with Crippen LogP contribution in [0.1, 0.15) is 62.0 Å². The SMILES string of the molecule is CCOc1cc(C(C)(C)C)ccc1C1=N[C@@H](c2ccc(Br)cc2)[C@@H](c2ccc(Br)cc2)N1C(=O)N1CCNCC1=O. The lowest BCUT2D eigenvalue weighted by Gasteiger charge is -2.35. The van der Waals surface area contributed by atoms with Crippen molar-refractivity contribution in [1.82, 2.24) is 15.1 Å². The zero-order chi connectivity index (χ0) is 29.3. The molecule has 2 aliphatic rings. The molecular weight excluding hydrogens is 648 g/mol. The molecule has 2 aliphatic heterocycles. The first-order valence-electron chi connectivity index (χ1n) is 13.8. The summed E-state index contributed by atoms with van der Waals surface area (Å²) < 4.78 is 8.07. The van der Waals surface area contributed by atoms with Crippen LogP contribution in [0.15, 0.2) is 80.7 Å². The maximum Gasteiger partial charge on any atom is 0.333 e. The van der Waals surface area contributed by atoms with E-state index in [4.69, 9.17) is 9.73 Å². The number of hydrogen-bond acceptors (Lipinski definition) is 5. The van der Waals surface area contributed by atoms with E-state index in [1.165, 1.54) is 4.90 Å². The van der Waals surface area contributed by atoms with E-state index in [9.17, 15) is 9.59 Å². The van der Waals surface area contributed by atoms with Gasteiger partial charge in [-0.1, -0.05) is 83.0 Å². The molecule has 0 aromatic heterocycles. The van der Waals surface area contributed by atoms with Gasteiger partial charge in [-0.25, -0.2) is 4.79 Å². The zero-order valence-corrected chi connectivity index (χ0v) is 26.8. The summed E-state index contributed by atoms with van der Waals surface area (Å²) >= 11 is 7.09. The molecule has 1 N–H and O–H groups in total. The Labute approximate surface area is 258 Å². The minimum absolute atomic E-state index is 0.0927. The standard InChI is InChI=1S/C32H34Br2N4O3/c1-5-41-26-18-22(32(2,3)4)10-15-25(26)30-36-28(20-6-11-23(33)12-7-20)29(21-8-13-24(34)14-9-21)38(30)31(40)37-17-16-35-19-27(37)39/h6-15,18,28-29,35H,5,16-17,19H2,1-4H3/t28-,29+/m0/s1. The van der Waals surface area contributed by atoms with Crippen LogP contribution in [0.4, 0.5) is 4.79 Å². The normalized spacial score (nSPS) is 19.4. The second kappa shape index (κ2) is 12.1. The molecule has 214 valence electrons. The molecule has 1 fully saturated rings. The molecule has 7 nitrogen and oxygen atoms in total. The van der Waals surface area contributed by atoms with Crippen LogP contribution < -0.4 is 10.1 Å². The Balaban J connectivity index is 1.73. The van der Waals surface area contributed by atoms with Crippen molar-refractivity contribution in [2.24, 2.45) is 4.99 Å². The van der Waals surface area contributed by atoms with Gasteiger partial charge in [0.05, 0.1) is 24.8 Å². The number of rotatable bonds is 5.